The molecule has 1 fully saturated rings. The summed E-state index contributed by atoms with van der Waals surface area (Å²) in [5, 5.41) is 22.1. The fraction of sp³-hybridized carbons (Fsp3) is 0.467. The molecule has 1 aliphatic rings. The van der Waals surface area contributed by atoms with E-state index in [1.165, 1.54) is 19.2 Å². The summed E-state index contributed by atoms with van der Waals surface area (Å²) in [5.41, 5.74) is 0.564. The second-order valence-corrected chi connectivity index (χ2v) is 7.92. The van der Waals surface area contributed by atoms with Crippen molar-refractivity contribution in [3.05, 3.63) is 40.6 Å². The summed E-state index contributed by atoms with van der Waals surface area (Å²) in [6.45, 7) is 1.09. The van der Waals surface area contributed by atoms with E-state index in [0.29, 0.717) is 10.9 Å². The molecule has 1 aromatic carbocycles. The summed E-state index contributed by atoms with van der Waals surface area (Å²) in [6, 6.07) is 5.99. The van der Waals surface area contributed by atoms with Crippen LogP contribution >= 0.6 is 7.60 Å². The molecule has 2 heterocycles. The number of non-ortho nitro benzene ring substituents is 1. The Labute approximate surface area is 148 Å². The lowest BCUT2D eigenvalue weighted by atomic mass is 10.1. The van der Waals surface area contributed by atoms with Gasteiger partial charge in [-0.2, -0.15) is 0 Å². The van der Waals surface area contributed by atoms with Crippen LogP contribution in [0.5, 0.6) is 0 Å². The predicted octanol–water partition coefficient (Wildman–Crippen LogP) is 1.65. The van der Waals surface area contributed by atoms with Crippen LogP contribution in [0.2, 0.25) is 0 Å². The molecule has 1 aliphatic heterocycles. The fourth-order valence-electron chi connectivity index (χ4n) is 3.09. The summed E-state index contributed by atoms with van der Waals surface area (Å²) in [6.07, 6.45) is -2.32. The number of nitro groups is 1. The molecule has 0 radical (unpaired) electrons. The van der Waals surface area contributed by atoms with E-state index in [0.717, 1.165) is 6.66 Å². The first-order valence-corrected chi connectivity index (χ1v) is 9.80. The first-order chi connectivity index (χ1) is 12.2. The minimum absolute atomic E-state index is 0.0474. The minimum Gasteiger partial charge on any atom is -0.386 e. The maximum atomic E-state index is 11.6. The van der Waals surface area contributed by atoms with Gasteiger partial charge in [-0.05, 0) is 12.1 Å². The number of rotatable bonds is 6. The topological polar surface area (TPSA) is 133 Å². The minimum atomic E-state index is -3.86. The largest absolute Gasteiger partial charge is 0.386 e. The molecule has 0 saturated carbocycles. The van der Waals surface area contributed by atoms with Gasteiger partial charge in [0.2, 0.25) is 0 Å². The molecule has 0 spiro atoms. The summed E-state index contributed by atoms with van der Waals surface area (Å²) < 4.78 is 29.2. The summed E-state index contributed by atoms with van der Waals surface area (Å²) in [5.74, 6) is 0. The fourth-order valence-corrected chi connectivity index (χ4v) is 3.80. The zero-order chi connectivity index (χ0) is 19.1. The van der Waals surface area contributed by atoms with Gasteiger partial charge in [-0.3, -0.25) is 19.2 Å². The molecule has 1 aromatic heterocycles. The highest BCUT2D eigenvalue weighted by Gasteiger charge is 2.47. The maximum absolute atomic E-state index is 11.6. The Kier molecular flexibility index (Phi) is 5.16. The molecule has 142 valence electrons. The third kappa shape index (κ3) is 3.66. The van der Waals surface area contributed by atoms with Gasteiger partial charge in [-0.25, -0.2) is 0 Å². The third-order valence-electron chi connectivity index (χ3n) is 4.15. The standard InChI is InChI=1S/C15H19N2O8P/c1-23-8-12-14(25-26(2,21)22)13(18)15(24-12)16-6-5-9-7-10(17(19)20)3-4-11(9)16/h3-7,12-15,18H,8H2,1-2H3,(H,21,22)/t12-,13?,14?,15-/m1/s1. The molecule has 0 amide bonds. The average Bonchev–Trinajstić information content (AvgIpc) is 3.09. The van der Waals surface area contributed by atoms with Crippen LogP contribution in [0.15, 0.2) is 30.5 Å². The SMILES string of the molecule is COC[C@H]1O[C@@H](n2ccc3cc([N+](=O)[O-])ccc32)C(O)C1OP(C)(=O)O. The van der Waals surface area contributed by atoms with Gasteiger partial charge >= 0.3 is 7.60 Å². The highest BCUT2D eigenvalue weighted by Crippen LogP contribution is 2.44. The number of fused-ring (bicyclic) bond motifs is 1. The monoisotopic (exact) mass is 386 g/mol. The lowest BCUT2D eigenvalue weighted by Gasteiger charge is -2.21. The van der Waals surface area contributed by atoms with Crippen LogP contribution in [0.25, 0.3) is 10.9 Å². The van der Waals surface area contributed by atoms with Crippen LogP contribution in [0.1, 0.15) is 6.23 Å². The van der Waals surface area contributed by atoms with Crippen molar-refractivity contribution in [2.24, 2.45) is 0 Å². The number of ether oxygens (including phenoxy) is 2. The van der Waals surface area contributed by atoms with Crippen molar-refractivity contribution >= 4 is 24.2 Å². The van der Waals surface area contributed by atoms with Gasteiger partial charge in [0.15, 0.2) is 6.23 Å². The van der Waals surface area contributed by atoms with E-state index >= 15 is 0 Å². The first-order valence-electron chi connectivity index (χ1n) is 7.77. The number of nitro benzene ring substituents is 1. The van der Waals surface area contributed by atoms with E-state index < -0.39 is 37.1 Å². The molecular weight excluding hydrogens is 367 g/mol. The van der Waals surface area contributed by atoms with Gasteiger partial charge in [0.25, 0.3) is 5.69 Å². The van der Waals surface area contributed by atoms with E-state index in [-0.39, 0.29) is 12.3 Å². The van der Waals surface area contributed by atoms with E-state index in [2.05, 4.69) is 0 Å². The number of aliphatic hydroxyl groups excluding tert-OH is 1. The highest BCUT2D eigenvalue weighted by molar-refractivity contribution is 7.51. The van der Waals surface area contributed by atoms with Crippen LogP contribution in [-0.4, -0.2) is 58.2 Å². The molecule has 5 atom stereocenters. The Bertz CT molecular complexity index is 862. The van der Waals surface area contributed by atoms with Crippen LogP contribution in [0.4, 0.5) is 5.69 Å². The van der Waals surface area contributed by atoms with E-state index in [1.54, 1.807) is 22.9 Å². The molecule has 3 unspecified atom stereocenters. The van der Waals surface area contributed by atoms with Crippen molar-refractivity contribution in [1.82, 2.24) is 4.57 Å². The number of hydrogen-bond donors (Lipinski definition) is 2. The zero-order valence-corrected chi connectivity index (χ0v) is 15.0. The smallest absolute Gasteiger partial charge is 0.325 e. The van der Waals surface area contributed by atoms with Crippen molar-refractivity contribution in [2.45, 2.75) is 24.5 Å². The van der Waals surface area contributed by atoms with Crippen LogP contribution in [0.3, 0.4) is 0 Å². The van der Waals surface area contributed by atoms with Crippen molar-refractivity contribution in [1.29, 1.82) is 0 Å². The van der Waals surface area contributed by atoms with Gasteiger partial charge in [0.1, 0.15) is 18.3 Å². The van der Waals surface area contributed by atoms with Gasteiger partial charge in [0.05, 0.1) is 17.0 Å². The molecule has 3 rings (SSSR count). The lowest BCUT2D eigenvalue weighted by Crippen LogP contribution is -2.35. The number of hydrogen-bond acceptors (Lipinski definition) is 7. The second kappa shape index (κ2) is 7.07. The third-order valence-corrected chi connectivity index (χ3v) is 4.78. The van der Waals surface area contributed by atoms with Crippen LogP contribution < -0.4 is 0 Å². The molecule has 2 N–H and O–H groups in total. The Morgan fingerprint density at radius 3 is 2.77 bits per heavy atom. The Morgan fingerprint density at radius 2 is 2.15 bits per heavy atom. The molecule has 1 saturated heterocycles. The van der Waals surface area contributed by atoms with E-state index in [1.807, 2.05) is 0 Å². The quantitative estimate of drug-likeness (QED) is 0.435. The first kappa shape index (κ1) is 19.0. The van der Waals surface area contributed by atoms with Crippen LogP contribution in [0, 0.1) is 10.1 Å². The van der Waals surface area contributed by atoms with Crippen molar-refractivity contribution in [3.63, 3.8) is 0 Å². The van der Waals surface area contributed by atoms with Crippen molar-refractivity contribution < 1.29 is 33.5 Å². The van der Waals surface area contributed by atoms with Crippen molar-refractivity contribution in [2.75, 3.05) is 20.4 Å². The average molecular weight is 386 g/mol. The van der Waals surface area contributed by atoms with Gasteiger partial charge in [-0.15, -0.1) is 0 Å². The normalized spacial score (nSPS) is 28.3. The number of aliphatic hydroxyl groups is 1. The summed E-state index contributed by atoms with van der Waals surface area (Å²) in [4.78, 5) is 19.9. The molecule has 11 heteroatoms. The Morgan fingerprint density at radius 1 is 1.42 bits per heavy atom. The molecule has 0 aliphatic carbocycles. The van der Waals surface area contributed by atoms with Crippen molar-refractivity contribution in [3.8, 4) is 0 Å². The second-order valence-electron chi connectivity index (χ2n) is 6.11. The van der Waals surface area contributed by atoms with Gasteiger partial charge in [-0.1, -0.05) is 0 Å². The molecule has 2 aromatic rings. The number of nitrogens with zero attached hydrogens (tertiary/aromatic N) is 2. The maximum Gasteiger partial charge on any atom is 0.325 e. The summed E-state index contributed by atoms with van der Waals surface area (Å²) >= 11 is 0. The van der Waals surface area contributed by atoms with Gasteiger partial charge in [0, 0.05) is 37.5 Å². The number of aromatic nitrogens is 1. The van der Waals surface area contributed by atoms with E-state index in [4.69, 9.17) is 14.0 Å². The molecular formula is C15H19N2O8P. The van der Waals surface area contributed by atoms with Gasteiger partial charge < -0.3 is 24.0 Å². The number of benzene rings is 1. The van der Waals surface area contributed by atoms with E-state index in [9.17, 15) is 24.7 Å². The predicted molar refractivity (Wildman–Crippen MR) is 91.0 cm³/mol. The Hall–Kier alpha value is -1.81. The zero-order valence-electron chi connectivity index (χ0n) is 14.1. The molecule has 0 bridgehead atoms. The summed E-state index contributed by atoms with van der Waals surface area (Å²) in [7, 11) is -2.42. The highest BCUT2D eigenvalue weighted by atomic mass is 31.2. The Balaban J connectivity index is 1.94. The molecule has 26 heavy (non-hydrogen) atoms. The lowest BCUT2D eigenvalue weighted by molar-refractivity contribution is -0.384. The number of methoxy groups -OCH3 is 1. The van der Waals surface area contributed by atoms with Crippen LogP contribution in [-0.2, 0) is 18.6 Å². The molecule has 10 nitrogen and oxygen atoms in total.